The van der Waals surface area contributed by atoms with Gasteiger partial charge in [-0.3, -0.25) is 10.1 Å². The largest absolute Gasteiger partial charge is 0.372 e. The first-order valence-corrected chi connectivity index (χ1v) is 8.36. The fraction of sp³-hybridized carbons (Fsp3) is 0.500. The van der Waals surface area contributed by atoms with Gasteiger partial charge in [-0.1, -0.05) is 26.0 Å². The standard InChI is InChI=1S/C16H22N2O2S/c1-3-13(2)21-16-9-5-4-8-14(16)15(18(19)20)12-17-10-6-7-11-17/h4-5,8-9,12-13H,3,6-7,10-11H2,1-2H3/b15-12+. The van der Waals surface area contributed by atoms with Crippen LogP contribution in [0, 0.1) is 10.1 Å². The Hall–Kier alpha value is -1.49. The van der Waals surface area contributed by atoms with Crippen LogP contribution >= 0.6 is 11.8 Å². The fourth-order valence-electron chi connectivity index (χ4n) is 2.34. The van der Waals surface area contributed by atoms with Crippen molar-refractivity contribution in [3.05, 3.63) is 46.1 Å². The highest BCUT2D eigenvalue weighted by Gasteiger charge is 2.21. The van der Waals surface area contributed by atoms with E-state index in [4.69, 9.17) is 0 Å². The zero-order chi connectivity index (χ0) is 15.2. The number of rotatable bonds is 6. The maximum Gasteiger partial charge on any atom is 0.293 e. The first-order chi connectivity index (χ1) is 10.1. The number of benzene rings is 1. The van der Waals surface area contributed by atoms with Crippen LogP contribution in [0.15, 0.2) is 35.4 Å². The lowest BCUT2D eigenvalue weighted by atomic mass is 10.1. The molecule has 0 bridgehead atoms. The second-order valence-electron chi connectivity index (χ2n) is 5.35. The highest BCUT2D eigenvalue weighted by molar-refractivity contribution is 8.00. The second kappa shape index (κ2) is 7.50. The summed E-state index contributed by atoms with van der Waals surface area (Å²) in [5, 5.41) is 11.9. The summed E-state index contributed by atoms with van der Waals surface area (Å²) in [5.74, 6) is 0. The lowest BCUT2D eigenvalue weighted by Gasteiger charge is -2.14. The number of hydrogen-bond donors (Lipinski definition) is 0. The molecule has 1 atom stereocenters. The molecule has 0 aliphatic carbocycles. The summed E-state index contributed by atoms with van der Waals surface area (Å²) in [5.41, 5.74) is 0.947. The van der Waals surface area contributed by atoms with Gasteiger partial charge in [0.2, 0.25) is 0 Å². The molecule has 114 valence electrons. The van der Waals surface area contributed by atoms with Crippen LogP contribution in [-0.4, -0.2) is 28.2 Å². The van der Waals surface area contributed by atoms with Crippen molar-refractivity contribution < 1.29 is 4.92 Å². The fourth-order valence-corrected chi connectivity index (χ4v) is 3.40. The van der Waals surface area contributed by atoms with E-state index in [1.807, 2.05) is 24.3 Å². The van der Waals surface area contributed by atoms with E-state index >= 15 is 0 Å². The average Bonchev–Trinajstić information content (AvgIpc) is 2.98. The molecule has 21 heavy (non-hydrogen) atoms. The van der Waals surface area contributed by atoms with Gasteiger partial charge in [-0.05, 0) is 31.4 Å². The predicted octanol–water partition coefficient (Wildman–Crippen LogP) is 4.25. The zero-order valence-electron chi connectivity index (χ0n) is 12.6. The number of nitro groups is 1. The second-order valence-corrected chi connectivity index (χ2v) is 6.83. The van der Waals surface area contributed by atoms with E-state index in [-0.39, 0.29) is 10.6 Å². The average molecular weight is 306 g/mol. The number of likely N-dealkylation sites (tertiary alicyclic amines) is 1. The third-order valence-corrected chi connectivity index (χ3v) is 5.05. The van der Waals surface area contributed by atoms with Crippen molar-refractivity contribution in [2.45, 2.75) is 43.3 Å². The van der Waals surface area contributed by atoms with Crippen molar-refractivity contribution in [1.29, 1.82) is 0 Å². The SMILES string of the molecule is CCC(C)Sc1ccccc1/C(=C\N1CCCC1)[N+](=O)[O-]. The molecule has 1 aromatic rings. The van der Waals surface area contributed by atoms with Crippen molar-refractivity contribution in [3.63, 3.8) is 0 Å². The van der Waals surface area contributed by atoms with Gasteiger partial charge in [-0.15, -0.1) is 11.8 Å². The van der Waals surface area contributed by atoms with Crippen molar-refractivity contribution >= 4 is 17.5 Å². The van der Waals surface area contributed by atoms with E-state index in [0.717, 1.165) is 42.8 Å². The van der Waals surface area contributed by atoms with Crippen LogP contribution in [0.5, 0.6) is 0 Å². The van der Waals surface area contributed by atoms with Gasteiger partial charge in [0, 0.05) is 23.2 Å². The Morgan fingerprint density at radius 2 is 2.10 bits per heavy atom. The van der Waals surface area contributed by atoms with E-state index in [2.05, 4.69) is 18.7 Å². The van der Waals surface area contributed by atoms with Gasteiger partial charge in [0.25, 0.3) is 5.70 Å². The minimum absolute atomic E-state index is 0.211. The number of nitrogens with zero attached hydrogens (tertiary/aromatic N) is 2. The Bertz CT molecular complexity index is 525. The van der Waals surface area contributed by atoms with Gasteiger partial charge in [-0.25, -0.2) is 0 Å². The summed E-state index contributed by atoms with van der Waals surface area (Å²) in [4.78, 5) is 14.3. The molecule has 0 amide bonds. The third-order valence-electron chi connectivity index (χ3n) is 3.71. The van der Waals surface area contributed by atoms with Crippen molar-refractivity contribution in [1.82, 2.24) is 4.90 Å². The molecule has 1 aromatic carbocycles. The van der Waals surface area contributed by atoms with Gasteiger partial charge in [0.1, 0.15) is 0 Å². The highest BCUT2D eigenvalue weighted by atomic mass is 32.2. The Labute approximate surface area is 130 Å². The lowest BCUT2D eigenvalue weighted by molar-refractivity contribution is -0.376. The molecule has 1 saturated heterocycles. The van der Waals surface area contributed by atoms with Gasteiger partial charge in [0.05, 0.1) is 16.7 Å². The maximum atomic E-state index is 11.5. The molecule has 1 aliphatic heterocycles. The molecule has 1 fully saturated rings. The summed E-state index contributed by atoms with van der Waals surface area (Å²) in [7, 11) is 0. The molecule has 5 heteroatoms. The van der Waals surface area contributed by atoms with Crippen LogP contribution in [0.2, 0.25) is 0 Å². The van der Waals surface area contributed by atoms with Gasteiger partial charge >= 0.3 is 0 Å². The molecular formula is C16H22N2O2S. The first kappa shape index (κ1) is 15.9. The summed E-state index contributed by atoms with van der Waals surface area (Å²) in [6, 6.07) is 7.65. The highest BCUT2D eigenvalue weighted by Crippen LogP contribution is 2.32. The predicted molar refractivity (Wildman–Crippen MR) is 87.8 cm³/mol. The van der Waals surface area contributed by atoms with Crippen molar-refractivity contribution in [2.24, 2.45) is 0 Å². The van der Waals surface area contributed by atoms with E-state index in [9.17, 15) is 10.1 Å². The van der Waals surface area contributed by atoms with Gasteiger partial charge < -0.3 is 4.90 Å². The van der Waals surface area contributed by atoms with Gasteiger partial charge in [0.15, 0.2) is 0 Å². The van der Waals surface area contributed by atoms with Crippen LogP contribution in [-0.2, 0) is 0 Å². The Balaban J connectivity index is 2.33. The summed E-state index contributed by atoms with van der Waals surface area (Å²) < 4.78 is 0. The topological polar surface area (TPSA) is 46.4 Å². The Morgan fingerprint density at radius 1 is 1.43 bits per heavy atom. The normalized spacial score (nSPS) is 17.0. The molecule has 0 aromatic heterocycles. The van der Waals surface area contributed by atoms with E-state index in [0.29, 0.717) is 5.25 Å². The molecule has 4 nitrogen and oxygen atoms in total. The van der Waals surface area contributed by atoms with Crippen molar-refractivity contribution in [2.75, 3.05) is 13.1 Å². The van der Waals surface area contributed by atoms with Crippen molar-refractivity contribution in [3.8, 4) is 0 Å². The quantitative estimate of drug-likeness (QED) is 0.448. The Kier molecular flexibility index (Phi) is 5.67. The zero-order valence-corrected chi connectivity index (χ0v) is 13.4. The minimum atomic E-state index is -0.256. The molecule has 1 unspecified atom stereocenters. The van der Waals surface area contributed by atoms with E-state index in [1.54, 1.807) is 18.0 Å². The number of thioether (sulfide) groups is 1. The van der Waals surface area contributed by atoms with Crippen LogP contribution in [0.4, 0.5) is 0 Å². The summed E-state index contributed by atoms with van der Waals surface area (Å²) in [6.45, 7) is 6.11. The molecule has 0 N–H and O–H groups in total. The van der Waals surface area contributed by atoms with Gasteiger partial charge in [-0.2, -0.15) is 0 Å². The summed E-state index contributed by atoms with van der Waals surface area (Å²) in [6.07, 6.45) is 5.00. The van der Waals surface area contributed by atoms with Crippen LogP contribution < -0.4 is 0 Å². The van der Waals surface area contributed by atoms with E-state index < -0.39 is 0 Å². The monoisotopic (exact) mass is 306 g/mol. The first-order valence-electron chi connectivity index (χ1n) is 7.48. The lowest BCUT2D eigenvalue weighted by Crippen LogP contribution is -2.14. The Morgan fingerprint density at radius 3 is 2.71 bits per heavy atom. The molecule has 1 aliphatic rings. The van der Waals surface area contributed by atoms with Crippen LogP contribution in [0.1, 0.15) is 38.7 Å². The molecule has 0 radical (unpaired) electrons. The molecule has 0 spiro atoms. The molecule has 2 rings (SSSR count). The smallest absolute Gasteiger partial charge is 0.293 e. The van der Waals surface area contributed by atoms with Crippen LogP contribution in [0.3, 0.4) is 0 Å². The summed E-state index contributed by atoms with van der Waals surface area (Å²) >= 11 is 1.71. The maximum absolute atomic E-state index is 11.5. The van der Waals surface area contributed by atoms with E-state index in [1.165, 1.54) is 0 Å². The van der Waals surface area contributed by atoms with Crippen LogP contribution in [0.25, 0.3) is 5.70 Å². The molecular weight excluding hydrogens is 284 g/mol. The number of hydrogen-bond acceptors (Lipinski definition) is 4. The minimum Gasteiger partial charge on any atom is -0.372 e. The molecule has 0 saturated carbocycles. The third kappa shape index (κ3) is 4.24. The molecule has 1 heterocycles.